The Balaban J connectivity index is 0.930. The number of pyridine rings is 1. The summed E-state index contributed by atoms with van der Waals surface area (Å²) in [5.41, 5.74) is 13.6. The Kier molecular flexibility index (Phi) is 8.36. The summed E-state index contributed by atoms with van der Waals surface area (Å²) in [6, 6.07) is 77.7. The number of benzene rings is 9. The second-order valence-corrected chi connectivity index (χ2v) is 17.4. The third kappa shape index (κ3) is 5.86. The molecule has 0 aliphatic rings. The first-order valence-electron chi connectivity index (χ1n) is 21.6. The maximum Gasteiger partial charge on any atom is 0.160 e. The molecule has 0 spiro atoms. The van der Waals surface area contributed by atoms with Gasteiger partial charge in [-0.2, -0.15) is 0 Å². The second kappa shape index (κ2) is 14.7. The highest BCUT2D eigenvalue weighted by atomic mass is 32.1. The molecule has 13 aromatic rings. The zero-order valence-electron chi connectivity index (χ0n) is 34.5. The summed E-state index contributed by atoms with van der Waals surface area (Å²) in [4.78, 5) is 15.9. The Morgan fingerprint density at radius 2 is 0.922 bits per heavy atom. The monoisotopic (exact) mass is 832 g/mol. The van der Waals surface area contributed by atoms with Crippen LogP contribution in [0.4, 0.5) is 0 Å². The lowest BCUT2D eigenvalue weighted by atomic mass is 9.95. The van der Waals surface area contributed by atoms with E-state index in [0.29, 0.717) is 5.82 Å². The first kappa shape index (κ1) is 36.4. The molecule has 0 amide bonds. The van der Waals surface area contributed by atoms with E-state index >= 15 is 0 Å². The highest BCUT2D eigenvalue weighted by Gasteiger charge is 2.20. The van der Waals surface area contributed by atoms with Gasteiger partial charge < -0.3 is 4.57 Å². The van der Waals surface area contributed by atoms with Gasteiger partial charge in [0.25, 0.3) is 0 Å². The first-order valence-corrected chi connectivity index (χ1v) is 22.4. The molecule has 4 nitrogen and oxygen atoms in total. The van der Waals surface area contributed by atoms with Crippen LogP contribution in [-0.4, -0.2) is 19.5 Å². The van der Waals surface area contributed by atoms with Crippen molar-refractivity contribution < 1.29 is 0 Å². The van der Waals surface area contributed by atoms with Crippen LogP contribution in [0.15, 0.2) is 218 Å². The van der Waals surface area contributed by atoms with E-state index in [1.807, 2.05) is 29.5 Å². The number of rotatable bonds is 6. The second-order valence-electron chi connectivity index (χ2n) is 16.3. The summed E-state index contributed by atoms with van der Waals surface area (Å²) >= 11 is 1.83. The van der Waals surface area contributed by atoms with Gasteiger partial charge in [-0.15, -0.1) is 11.3 Å². The molecule has 5 heteroatoms. The Bertz CT molecular complexity index is 3880. The van der Waals surface area contributed by atoms with Crippen LogP contribution in [0.2, 0.25) is 0 Å². The predicted octanol–water partition coefficient (Wildman–Crippen LogP) is 16.0. The molecule has 13 rings (SSSR count). The van der Waals surface area contributed by atoms with Gasteiger partial charge in [-0.3, -0.25) is 0 Å². The van der Waals surface area contributed by atoms with Crippen molar-refractivity contribution in [2.45, 2.75) is 0 Å². The standard InChI is InChI=1S/C59H36N4S/c1-2-15-41(16-3-1)59-60-50(36-51(61-59)40-32-34-42(35-33-40)63-52-25-9-6-19-45(52)46-20-7-10-26-53(46)63)39-30-28-38(29-31-39)44-22-13-24-49-55-48-21-8-11-27-54(48)64-58(55)57(62-56(44)49)47-23-12-17-37-14-4-5-18-43(37)47/h1-36H. The highest BCUT2D eigenvalue weighted by molar-refractivity contribution is 7.26. The van der Waals surface area contributed by atoms with Gasteiger partial charge in [0.2, 0.25) is 0 Å². The molecular formula is C59H36N4S. The molecule has 9 aromatic carbocycles. The van der Waals surface area contributed by atoms with Crippen LogP contribution < -0.4 is 0 Å². The van der Waals surface area contributed by atoms with E-state index in [2.05, 4.69) is 205 Å². The number of hydrogen-bond donors (Lipinski definition) is 0. The highest BCUT2D eigenvalue weighted by Crippen LogP contribution is 2.46. The van der Waals surface area contributed by atoms with Crippen molar-refractivity contribution in [2.75, 3.05) is 0 Å². The molecule has 0 unspecified atom stereocenters. The molecule has 4 heterocycles. The van der Waals surface area contributed by atoms with Gasteiger partial charge in [-0.1, -0.05) is 182 Å². The molecule has 0 bridgehead atoms. The molecule has 0 N–H and O–H groups in total. The SMILES string of the molecule is c1ccc(-c2nc(-c3ccc(-c4cccc5c4nc(-c4cccc6ccccc46)c4sc6ccccc6c45)cc3)cc(-c3ccc(-n4c5ccccc5c5ccccc54)cc3)n2)cc1. The van der Waals surface area contributed by atoms with Gasteiger partial charge in [-0.25, -0.2) is 15.0 Å². The fraction of sp³-hybridized carbons (Fsp3) is 0. The third-order valence-corrected chi connectivity index (χ3v) is 13.8. The van der Waals surface area contributed by atoms with E-state index in [1.54, 1.807) is 0 Å². The van der Waals surface area contributed by atoms with Crippen molar-refractivity contribution in [1.82, 2.24) is 19.5 Å². The number of para-hydroxylation sites is 3. The van der Waals surface area contributed by atoms with Crippen molar-refractivity contribution in [1.29, 1.82) is 0 Å². The quantitative estimate of drug-likeness (QED) is 0.168. The number of thiophene rings is 1. The molecule has 4 aromatic heterocycles. The maximum atomic E-state index is 5.61. The lowest BCUT2D eigenvalue weighted by Crippen LogP contribution is -1.97. The maximum absolute atomic E-state index is 5.61. The summed E-state index contributed by atoms with van der Waals surface area (Å²) in [5, 5.41) is 8.59. The molecule has 0 radical (unpaired) electrons. The number of hydrogen-bond acceptors (Lipinski definition) is 4. The number of fused-ring (bicyclic) bond motifs is 9. The van der Waals surface area contributed by atoms with Gasteiger partial charge in [0.1, 0.15) is 0 Å². The summed E-state index contributed by atoms with van der Waals surface area (Å²) in [6.07, 6.45) is 0. The Morgan fingerprint density at radius 1 is 0.375 bits per heavy atom. The van der Waals surface area contributed by atoms with Crippen molar-refractivity contribution in [2.24, 2.45) is 0 Å². The minimum Gasteiger partial charge on any atom is -0.309 e. The van der Waals surface area contributed by atoms with E-state index in [9.17, 15) is 0 Å². The first-order chi connectivity index (χ1) is 31.7. The average molecular weight is 833 g/mol. The minimum atomic E-state index is 0.690. The molecule has 0 saturated carbocycles. The molecule has 64 heavy (non-hydrogen) atoms. The topological polar surface area (TPSA) is 43.6 Å². The van der Waals surface area contributed by atoms with E-state index in [1.165, 1.54) is 52.8 Å². The molecule has 0 aliphatic heterocycles. The van der Waals surface area contributed by atoms with Gasteiger partial charge in [-0.05, 0) is 52.7 Å². The summed E-state index contributed by atoms with van der Waals surface area (Å²) in [7, 11) is 0. The van der Waals surface area contributed by atoms with Gasteiger partial charge in [0, 0.05) is 65.1 Å². The van der Waals surface area contributed by atoms with Gasteiger partial charge >= 0.3 is 0 Å². The van der Waals surface area contributed by atoms with Crippen molar-refractivity contribution >= 4 is 75.0 Å². The molecule has 0 atom stereocenters. The molecule has 0 saturated heterocycles. The van der Waals surface area contributed by atoms with E-state index in [0.717, 1.165) is 67.1 Å². The normalized spacial score (nSPS) is 11.8. The molecule has 298 valence electrons. The Morgan fingerprint density at radius 3 is 1.66 bits per heavy atom. The number of aromatic nitrogens is 4. The summed E-state index contributed by atoms with van der Waals surface area (Å²) in [6.45, 7) is 0. The van der Waals surface area contributed by atoms with Gasteiger partial charge in [0.15, 0.2) is 5.82 Å². The largest absolute Gasteiger partial charge is 0.309 e. The molecule has 0 fully saturated rings. The van der Waals surface area contributed by atoms with Crippen LogP contribution in [0.3, 0.4) is 0 Å². The lowest BCUT2D eigenvalue weighted by molar-refractivity contribution is 1.17. The van der Waals surface area contributed by atoms with E-state index in [4.69, 9.17) is 15.0 Å². The third-order valence-electron chi connectivity index (χ3n) is 12.6. The van der Waals surface area contributed by atoms with E-state index in [-0.39, 0.29) is 0 Å². The smallest absolute Gasteiger partial charge is 0.160 e. The zero-order chi connectivity index (χ0) is 42.1. The van der Waals surface area contributed by atoms with Gasteiger partial charge in [0.05, 0.1) is 38.3 Å². The van der Waals surface area contributed by atoms with E-state index < -0.39 is 0 Å². The molecule has 0 aliphatic carbocycles. The minimum absolute atomic E-state index is 0.690. The predicted molar refractivity (Wildman–Crippen MR) is 269 cm³/mol. The van der Waals surface area contributed by atoms with Crippen LogP contribution in [0.5, 0.6) is 0 Å². The average Bonchev–Trinajstić information content (AvgIpc) is 3.93. The number of nitrogens with zero attached hydrogens (tertiary/aromatic N) is 4. The van der Waals surface area contributed by atoms with Crippen LogP contribution in [0.25, 0.3) is 126 Å². The van der Waals surface area contributed by atoms with Crippen molar-refractivity contribution in [3.8, 4) is 62.0 Å². The lowest BCUT2D eigenvalue weighted by Gasteiger charge is -2.13. The van der Waals surface area contributed by atoms with Crippen LogP contribution in [0, 0.1) is 0 Å². The summed E-state index contributed by atoms with van der Waals surface area (Å²) in [5.74, 6) is 0.690. The van der Waals surface area contributed by atoms with Crippen molar-refractivity contribution in [3.05, 3.63) is 218 Å². The molecular weight excluding hydrogens is 797 g/mol. The summed E-state index contributed by atoms with van der Waals surface area (Å²) < 4.78 is 4.83. The van der Waals surface area contributed by atoms with Crippen LogP contribution >= 0.6 is 11.3 Å². The zero-order valence-corrected chi connectivity index (χ0v) is 35.3. The Labute approximate surface area is 373 Å². The fourth-order valence-electron chi connectivity index (χ4n) is 9.62. The van der Waals surface area contributed by atoms with Crippen molar-refractivity contribution in [3.63, 3.8) is 0 Å². The van der Waals surface area contributed by atoms with Crippen LogP contribution in [0.1, 0.15) is 0 Å². The fourth-order valence-corrected chi connectivity index (χ4v) is 10.8. The van der Waals surface area contributed by atoms with Crippen LogP contribution in [-0.2, 0) is 0 Å². The Hall–Kier alpha value is -8.25.